The number of sulfonamides is 2. The van der Waals surface area contributed by atoms with Crippen LogP contribution >= 0.6 is 0 Å². The zero-order chi connectivity index (χ0) is 22.6. The predicted octanol–water partition coefficient (Wildman–Crippen LogP) is 1.57. The molecule has 0 unspecified atom stereocenters. The van der Waals surface area contributed by atoms with Crippen molar-refractivity contribution in [2.24, 2.45) is 0 Å². The quantitative estimate of drug-likeness (QED) is 0.620. The van der Waals surface area contributed by atoms with Crippen molar-refractivity contribution in [2.45, 2.75) is 22.6 Å². The molecule has 2 saturated heterocycles. The standard InChI is InChI=1S/C22H30N4O4S2/c27-31(28,21-8-10-22(11-9-21)32(29,30)26-13-4-5-14-26)23-12-15-24-16-18-25(19-17-24)20-6-2-1-3-7-20/h1-3,6-11,23H,4-5,12-19H2. The first kappa shape index (κ1) is 23.2. The van der Waals surface area contributed by atoms with Crippen LogP contribution in [0.1, 0.15) is 12.8 Å². The van der Waals surface area contributed by atoms with Crippen molar-refractivity contribution < 1.29 is 16.8 Å². The molecule has 0 radical (unpaired) electrons. The van der Waals surface area contributed by atoms with E-state index in [-0.39, 0.29) is 9.79 Å². The minimum atomic E-state index is -3.69. The molecule has 2 fully saturated rings. The highest BCUT2D eigenvalue weighted by Gasteiger charge is 2.27. The number of nitrogens with zero attached hydrogens (tertiary/aromatic N) is 3. The van der Waals surface area contributed by atoms with E-state index in [4.69, 9.17) is 0 Å². The average Bonchev–Trinajstić information content (AvgIpc) is 3.36. The molecule has 32 heavy (non-hydrogen) atoms. The summed E-state index contributed by atoms with van der Waals surface area (Å²) in [5.74, 6) is 0. The molecule has 0 spiro atoms. The molecular weight excluding hydrogens is 448 g/mol. The number of rotatable bonds is 8. The molecule has 2 aromatic rings. The van der Waals surface area contributed by atoms with Gasteiger partial charge in [0.25, 0.3) is 0 Å². The van der Waals surface area contributed by atoms with E-state index in [1.165, 1.54) is 34.3 Å². The minimum Gasteiger partial charge on any atom is -0.369 e. The second-order valence-corrected chi connectivity index (χ2v) is 11.8. The highest BCUT2D eigenvalue weighted by Crippen LogP contribution is 2.22. The summed E-state index contributed by atoms with van der Waals surface area (Å²) in [6.07, 6.45) is 1.72. The van der Waals surface area contributed by atoms with Crippen molar-refractivity contribution in [3.05, 3.63) is 54.6 Å². The number of hydrogen-bond donors (Lipinski definition) is 1. The molecule has 0 aliphatic carbocycles. The van der Waals surface area contributed by atoms with E-state index < -0.39 is 20.0 Å². The fourth-order valence-electron chi connectivity index (χ4n) is 4.16. The van der Waals surface area contributed by atoms with Gasteiger partial charge in [0.2, 0.25) is 20.0 Å². The summed E-state index contributed by atoms with van der Waals surface area (Å²) in [5.41, 5.74) is 1.21. The van der Waals surface area contributed by atoms with Crippen molar-refractivity contribution in [1.82, 2.24) is 13.9 Å². The van der Waals surface area contributed by atoms with Crippen molar-refractivity contribution in [3.63, 3.8) is 0 Å². The molecule has 10 heteroatoms. The second-order valence-electron chi connectivity index (χ2n) is 8.14. The number of nitrogens with one attached hydrogen (secondary N) is 1. The van der Waals surface area contributed by atoms with Gasteiger partial charge in [-0.2, -0.15) is 4.31 Å². The Kier molecular flexibility index (Phi) is 7.16. The highest BCUT2D eigenvalue weighted by molar-refractivity contribution is 7.89. The van der Waals surface area contributed by atoms with E-state index in [1.54, 1.807) is 0 Å². The largest absolute Gasteiger partial charge is 0.369 e. The third kappa shape index (κ3) is 5.32. The van der Waals surface area contributed by atoms with Gasteiger partial charge in [0.05, 0.1) is 9.79 Å². The molecule has 0 saturated carbocycles. The molecule has 2 aliphatic rings. The van der Waals surface area contributed by atoms with Crippen molar-refractivity contribution in [2.75, 3.05) is 57.3 Å². The molecule has 0 aromatic heterocycles. The maximum absolute atomic E-state index is 12.6. The zero-order valence-corrected chi connectivity index (χ0v) is 19.7. The second kappa shape index (κ2) is 9.88. The fraction of sp³-hybridized carbons (Fsp3) is 0.455. The monoisotopic (exact) mass is 478 g/mol. The maximum Gasteiger partial charge on any atom is 0.243 e. The Hall–Kier alpha value is -1.98. The minimum absolute atomic E-state index is 0.0757. The maximum atomic E-state index is 12.6. The first-order valence-electron chi connectivity index (χ1n) is 11.0. The van der Waals surface area contributed by atoms with Crippen LogP contribution in [-0.2, 0) is 20.0 Å². The SMILES string of the molecule is O=S(=O)(NCCN1CCN(c2ccccc2)CC1)c1ccc(S(=O)(=O)N2CCCC2)cc1. The highest BCUT2D eigenvalue weighted by atomic mass is 32.2. The van der Waals surface area contributed by atoms with E-state index in [0.29, 0.717) is 26.2 Å². The van der Waals surface area contributed by atoms with Crippen molar-refractivity contribution in [3.8, 4) is 0 Å². The first-order valence-corrected chi connectivity index (χ1v) is 13.9. The van der Waals surface area contributed by atoms with Crippen LogP contribution in [0.15, 0.2) is 64.4 Å². The van der Waals surface area contributed by atoms with Crippen LogP contribution in [0.3, 0.4) is 0 Å². The van der Waals surface area contributed by atoms with Crippen molar-refractivity contribution in [1.29, 1.82) is 0 Å². The molecule has 1 N–H and O–H groups in total. The summed E-state index contributed by atoms with van der Waals surface area (Å²) < 4.78 is 54.6. The lowest BCUT2D eigenvalue weighted by molar-refractivity contribution is 0.262. The van der Waals surface area contributed by atoms with Crippen LogP contribution in [0.2, 0.25) is 0 Å². The summed E-state index contributed by atoms with van der Waals surface area (Å²) in [6.45, 7) is 5.53. The van der Waals surface area contributed by atoms with E-state index in [2.05, 4.69) is 26.7 Å². The molecule has 0 atom stereocenters. The molecule has 2 heterocycles. The Morgan fingerprint density at radius 1 is 0.719 bits per heavy atom. The zero-order valence-electron chi connectivity index (χ0n) is 18.1. The first-order chi connectivity index (χ1) is 15.4. The van der Waals surface area contributed by atoms with Gasteiger partial charge in [-0.25, -0.2) is 21.6 Å². The van der Waals surface area contributed by atoms with Crippen LogP contribution in [-0.4, -0.2) is 78.4 Å². The normalized spacial score (nSPS) is 18.8. The van der Waals surface area contributed by atoms with Crippen LogP contribution in [0.4, 0.5) is 5.69 Å². The van der Waals surface area contributed by atoms with Crippen LogP contribution < -0.4 is 9.62 Å². The van der Waals surface area contributed by atoms with E-state index in [1.807, 2.05) is 18.2 Å². The van der Waals surface area contributed by atoms with Crippen LogP contribution in [0.25, 0.3) is 0 Å². The summed E-state index contributed by atoms with van der Waals surface area (Å²) in [4.78, 5) is 4.79. The van der Waals surface area contributed by atoms with Crippen LogP contribution in [0, 0.1) is 0 Å². The van der Waals surface area contributed by atoms with Crippen LogP contribution in [0.5, 0.6) is 0 Å². The van der Waals surface area contributed by atoms with Crippen molar-refractivity contribution >= 4 is 25.7 Å². The lowest BCUT2D eigenvalue weighted by Gasteiger charge is -2.36. The third-order valence-corrected chi connectivity index (χ3v) is 9.44. The number of hydrogen-bond acceptors (Lipinski definition) is 6. The number of anilines is 1. The Bertz CT molecular complexity index is 1090. The number of para-hydroxylation sites is 1. The number of piperazine rings is 1. The summed E-state index contributed by atoms with van der Waals surface area (Å²) in [6, 6.07) is 15.8. The Labute approximate surface area is 190 Å². The molecule has 2 aliphatic heterocycles. The molecule has 2 aromatic carbocycles. The molecular formula is C22H30N4O4S2. The molecule has 0 amide bonds. The van der Waals surface area contributed by atoms with Gasteiger partial charge in [0, 0.05) is 58.0 Å². The summed E-state index contributed by atoms with van der Waals surface area (Å²) >= 11 is 0. The number of benzene rings is 2. The van der Waals surface area contributed by atoms with E-state index >= 15 is 0 Å². The Morgan fingerprint density at radius 2 is 1.31 bits per heavy atom. The topological polar surface area (TPSA) is 90.0 Å². The smallest absolute Gasteiger partial charge is 0.243 e. The van der Waals surface area contributed by atoms with E-state index in [9.17, 15) is 16.8 Å². The van der Waals surface area contributed by atoms with Gasteiger partial charge < -0.3 is 4.90 Å². The fourth-order valence-corrected chi connectivity index (χ4v) is 6.70. The van der Waals surface area contributed by atoms with E-state index in [0.717, 1.165) is 39.0 Å². The molecule has 174 valence electrons. The Balaban J connectivity index is 1.27. The summed E-state index contributed by atoms with van der Waals surface area (Å²) in [5, 5.41) is 0. The van der Waals surface area contributed by atoms with Gasteiger partial charge in [-0.15, -0.1) is 0 Å². The molecule has 4 rings (SSSR count). The van der Waals surface area contributed by atoms with Gasteiger partial charge in [0.1, 0.15) is 0 Å². The molecule has 8 nitrogen and oxygen atoms in total. The molecule has 0 bridgehead atoms. The van der Waals surface area contributed by atoms with Gasteiger partial charge in [-0.1, -0.05) is 18.2 Å². The average molecular weight is 479 g/mol. The van der Waals surface area contributed by atoms with Gasteiger partial charge >= 0.3 is 0 Å². The van der Waals surface area contributed by atoms with Gasteiger partial charge in [-0.05, 0) is 49.2 Å². The third-order valence-electron chi connectivity index (χ3n) is 6.05. The van der Waals surface area contributed by atoms with Gasteiger partial charge in [-0.3, -0.25) is 4.90 Å². The summed E-state index contributed by atoms with van der Waals surface area (Å²) in [7, 11) is -7.24. The lowest BCUT2D eigenvalue weighted by atomic mass is 10.2. The predicted molar refractivity (Wildman–Crippen MR) is 125 cm³/mol. The van der Waals surface area contributed by atoms with Gasteiger partial charge in [0.15, 0.2) is 0 Å². The Morgan fingerprint density at radius 3 is 1.94 bits per heavy atom. The lowest BCUT2D eigenvalue weighted by Crippen LogP contribution is -2.48.